The molecule has 16 nitrogen and oxygen atoms in total. The molecule has 9 aliphatic rings. The maximum atomic E-state index is 16.1. The van der Waals surface area contributed by atoms with Crippen LogP contribution in [0.25, 0.3) is 0 Å². The van der Waals surface area contributed by atoms with Crippen LogP contribution >= 0.6 is 0 Å². The number of carbonyl (C=O) groups excluding carboxylic acids is 5. The Morgan fingerprint density at radius 1 is 0.806 bits per heavy atom. The summed E-state index contributed by atoms with van der Waals surface area (Å²) in [6.45, 7) is 4.42. The highest BCUT2D eigenvalue weighted by atomic mass is 16.6. The first kappa shape index (κ1) is 48.7. The van der Waals surface area contributed by atoms with E-state index in [4.69, 9.17) is 18.9 Å². The lowest BCUT2D eigenvalue weighted by atomic mass is 9.55. The van der Waals surface area contributed by atoms with Crippen molar-refractivity contribution >= 4 is 29.7 Å². The number of ether oxygens (including phenoxy) is 4. The van der Waals surface area contributed by atoms with Crippen LogP contribution in [0.15, 0.2) is 0 Å². The van der Waals surface area contributed by atoms with Crippen molar-refractivity contribution in [2.45, 2.75) is 165 Å². The summed E-state index contributed by atoms with van der Waals surface area (Å²) >= 11 is 0. The molecular formula is C51H78N6O10. The van der Waals surface area contributed by atoms with Crippen molar-refractivity contribution in [1.82, 2.24) is 30.7 Å². The quantitative estimate of drug-likeness (QED) is 0.103. The third kappa shape index (κ3) is 9.52. The number of hydrogen-bond acceptors (Lipinski definition) is 14. The Labute approximate surface area is 397 Å². The monoisotopic (exact) mass is 935 g/mol. The van der Waals surface area contributed by atoms with Crippen LogP contribution in [0.3, 0.4) is 0 Å². The van der Waals surface area contributed by atoms with Gasteiger partial charge in [-0.3, -0.25) is 44.4 Å². The number of nitrogens with zero attached hydrogens (tertiary/aromatic N) is 3. The van der Waals surface area contributed by atoms with E-state index in [0.29, 0.717) is 45.4 Å². The average molecular weight is 935 g/mol. The van der Waals surface area contributed by atoms with E-state index in [0.717, 1.165) is 96.6 Å². The van der Waals surface area contributed by atoms with Crippen LogP contribution in [0, 0.1) is 58.7 Å². The molecule has 372 valence electrons. The summed E-state index contributed by atoms with van der Waals surface area (Å²) in [5, 5.41) is 20.4. The third-order valence-corrected chi connectivity index (χ3v) is 18.0. The number of aliphatic hydroxyl groups is 1. The van der Waals surface area contributed by atoms with Gasteiger partial charge in [0.25, 0.3) is 0 Å². The number of cyclic esters (lactones) is 1. The Morgan fingerprint density at radius 3 is 2.10 bits per heavy atom. The highest BCUT2D eigenvalue weighted by Crippen LogP contribution is 2.64. The molecule has 0 aromatic rings. The van der Waals surface area contributed by atoms with E-state index in [1.54, 1.807) is 0 Å². The number of amides is 2. The standard InChI is InChI=1S/C51H78N6O10/c1-64-46(60)37(47(61)65-2)16-9-11-32-17-22-39-38(31-32)51(49(63)54-39)40(45(59)55-25-27-56(28-26-55)50-52-23-10-24-53-50)42-48(62)67-43(34-14-7-4-8-15-34)41(33-12-5-3-6-13-33)57(42)44(51)35-18-20-36(21-19-35)66-30-29-58/h32-44,50,52-53,58H,3-8,10,12-31H2,1-2H3,(H,54,63)/t32?,35?,36?,38?,39?,40-,41-,42-,43?,44+,51-/m0/s1. The average Bonchev–Trinajstić information content (AvgIpc) is 3.85. The molecule has 0 bridgehead atoms. The van der Waals surface area contributed by atoms with E-state index < -0.39 is 41.3 Å². The lowest BCUT2D eigenvalue weighted by Crippen LogP contribution is -2.66. The van der Waals surface area contributed by atoms with Crippen LogP contribution in [0.1, 0.15) is 122 Å². The molecule has 4 saturated carbocycles. The van der Waals surface area contributed by atoms with Gasteiger partial charge in [-0.15, -0.1) is 5.92 Å². The second kappa shape index (κ2) is 21.8. The van der Waals surface area contributed by atoms with Crippen LogP contribution in [-0.4, -0.2) is 159 Å². The molecule has 0 radical (unpaired) electrons. The summed E-state index contributed by atoms with van der Waals surface area (Å²) in [4.78, 5) is 79.7. The summed E-state index contributed by atoms with van der Waals surface area (Å²) in [6, 6.07) is -1.60. The number of piperazine rings is 1. The number of methoxy groups -OCH3 is 2. The van der Waals surface area contributed by atoms with Gasteiger partial charge in [0.15, 0.2) is 5.92 Å². The Morgan fingerprint density at radius 2 is 1.46 bits per heavy atom. The first-order chi connectivity index (χ1) is 32.7. The van der Waals surface area contributed by atoms with Gasteiger partial charge in [0.1, 0.15) is 18.4 Å². The second-order valence-corrected chi connectivity index (χ2v) is 21.4. The Balaban J connectivity index is 1.14. The molecule has 0 aromatic heterocycles. The number of hydrogen-bond donors (Lipinski definition) is 4. The van der Waals surface area contributed by atoms with E-state index in [9.17, 15) is 14.7 Å². The van der Waals surface area contributed by atoms with Gasteiger partial charge in [0.2, 0.25) is 11.8 Å². The van der Waals surface area contributed by atoms with Gasteiger partial charge in [0, 0.05) is 50.6 Å². The summed E-state index contributed by atoms with van der Waals surface area (Å²) < 4.78 is 22.9. The Hall–Kier alpha value is -3.33. The molecule has 67 heavy (non-hydrogen) atoms. The minimum Gasteiger partial charge on any atom is -0.468 e. The zero-order valence-corrected chi connectivity index (χ0v) is 40.1. The number of esters is 3. The van der Waals surface area contributed by atoms with Crippen LogP contribution in [0.5, 0.6) is 0 Å². The fourth-order valence-electron chi connectivity index (χ4n) is 15.0. The van der Waals surface area contributed by atoms with Gasteiger partial charge < -0.3 is 34.3 Å². The Bertz CT molecular complexity index is 1810. The smallest absolute Gasteiger partial charge is 0.324 e. The first-order valence-corrected chi connectivity index (χ1v) is 26.3. The van der Waals surface area contributed by atoms with Crippen LogP contribution < -0.4 is 16.0 Å². The van der Waals surface area contributed by atoms with Crippen molar-refractivity contribution in [1.29, 1.82) is 0 Å². The predicted octanol–water partition coefficient (Wildman–Crippen LogP) is 2.95. The lowest BCUT2D eigenvalue weighted by Gasteiger charge is -2.54. The third-order valence-electron chi connectivity index (χ3n) is 18.0. The molecule has 9 atom stereocenters. The number of morpholine rings is 1. The zero-order valence-electron chi connectivity index (χ0n) is 40.1. The summed E-state index contributed by atoms with van der Waals surface area (Å²) in [6.07, 6.45) is 16.7. The molecule has 16 heteroatoms. The largest absolute Gasteiger partial charge is 0.468 e. The van der Waals surface area contributed by atoms with Crippen molar-refractivity contribution < 1.29 is 48.0 Å². The van der Waals surface area contributed by atoms with Crippen molar-refractivity contribution in [3.8, 4) is 11.8 Å². The van der Waals surface area contributed by atoms with E-state index >= 15 is 14.4 Å². The topological polar surface area (TPSA) is 188 Å². The SMILES string of the molecule is COC(=O)C(CC#CC1CCC2NC(=O)[C@@]3(C2C1)[C@H](C(=O)N1CCN(C2NCCCN2)CC1)[C@H]1C(=O)OC(C2CCCCC2)[C@H](C2CCCCC2)N1[C@@H]3C1CCC(OCCO)CC1)C(=O)OC. The molecule has 4 unspecified atom stereocenters. The molecule has 2 amide bonds. The first-order valence-electron chi connectivity index (χ1n) is 26.3. The molecule has 9 rings (SSSR count). The van der Waals surface area contributed by atoms with Gasteiger partial charge in [-0.2, -0.15) is 0 Å². The lowest BCUT2D eigenvalue weighted by molar-refractivity contribution is -0.191. The van der Waals surface area contributed by atoms with Crippen molar-refractivity contribution in [2.24, 2.45) is 46.8 Å². The van der Waals surface area contributed by atoms with E-state index in [1.165, 1.54) is 27.1 Å². The molecule has 4 N–H and O–H groups in total. The van der Waals surface area contributed by atoms with E-state index in [-0.39, 0.29) is 97.6 Å². The molecule has 5 aliphatic heterocycles. The maximum absolute atomic E-state index is 16.1. The van der Waals surface area contributed by atoms with Crippen molar-refractivity contribution in [3.63, 3.8) is 0 Å². The van der Waals surface area contributed by atoms with Crippen LogP contribution in [0.2, 0.25) is 0 Å². The highest BCUT2D eigenvalue weighted by molar-refractivity contribution is 5.99. The van der Waals surface area contributed by atoms with Gasteiger partial charge in [-0.25, -0.2) is 0 Å². The summed E-state index contributed by atoms with van der Waals surface area (Å²) in [5.41, 5.74) is -1.24. The number of carbonyl (C=O) groups is 5. The molecule has 0 aromatic carbocycles. The summed E-state index contributed by atoms with van der Waals surface area (Å²) in [5.74, 6) is 2.55. The fraction of sp³-hybridized carbons (Fsp3) is 0.863. The predicted molar refractivity (Wildman–Crippen MR) is 246 cm³/mol. The second-order valence-electron chi connectivity index (χ2n) is 21.4. The normalized spacial score (nSPS) is 37.0. The molecule has 9 fully saturated rings. The van der Waals surface area contributed by atoms with Gasteiger partial charge >= 0.3 is 17.9 Å². The fourth-order valence-corrected chi connectivity index (χ4v) is 15.0. The number of rotatable bonds is 11. The number of fused-ring (bicyclic) bond motifs is 3. The highest BCUT2D eigenvalue weighted by Gasteiger charge is 2.78. The number of nitrogens with one attached hydrogen (secondary N) is 3. The van der Waals surface area contributed by atoms with Gasteiger partial charge in [-0.05, 0) is 114 Å². The van der Waals surface area contributed by atoms with E-state index in [2.05, 4.69) is 37.6 Å². The van der Waals surface area contributed by atoms with Gasteiger partial charge in [-0.1, -0.05) is 44.4 Å². The Kier molecular flexibility index (Phi) is 15.8. The van der Waals surface area contributed by atoms with Crippen molar-refractivity contribution in [3.05, 3.63) is 0 Å². The molecule has 4 aliphatic carbocycles. The van der Waals surface area contributed by atoms with E-state index in [1.807, 2.05) is 4.90 Å². The molecular weight excluding hydrogens is 857 g/mol. The maximum Gasteiger partial charge on any atom is 0.324 e. The minimum atomic E-state index is -1.24. The minimum absolute atomic E-state index is 0.00726. The summed E-state index contributed by atoms with van der Waals surface area (Å²) in [7, 11) is 2.48. The zero-order chi connectivity index (χ0) is 46.7. The van der Waals surface area contributed by atoms with Gasteiger partial charge in [0.05, 0.1) is 50.9 Å². The molecule has 5 saturated heterocycles. The van der Waals surface area contributed by atoms with Crippen LogP contribution in [-0.2, 0) is 42.9 Å². The van der Waals surface area contributed by atoms with Crippen molar-refractivity contribution in [2.75, 3.05) is 66.7 Å². The van der Waals surface area contributed by atoms with Crippen LogP contribution in [0.4, 0.5) is 0 Å². The molecule has 5 heterocycles. The number of aliphatic hydroxyl groups excluding tert-OH is 1. The molecule has 1 spiro atoms.